The zero-order chi connectivity index (χ0) is 27.9. The van der Waals surface area contributed by atoms with Gasteiger partial charge in [0.05, 0.1) is 36.3 Å². The van der Waals surface area contributed by atoms with E-state index in [1.54, 1.807) is 10.7 Å². The highest BCUT2D eigenvalue weighted by molar-refractivity contribution is 5.87. The van der Waals surface area contributed by atoms with Crippen LogP contribution in [0.25, 0.3) is 16.8 Å². The third-order valence-electron chi connectivity index (χ3n) is 7.03. The van der Waals surface area contributed by atoms with Crippen molar-refractivity contribution in [2.45, 2.75) is 52.3 Å². The van der Waals surface area contributed by atoms with Gasteiger partial charge in [0.1, 0.15) is 11.7 Å². The van der Waals surface area contributed by atoms with Gasteiger partial charge in [0.2, 0.25) is 12.4 Å². The number of fused-ring (bicyclic) bond motifs is 1. The van der Waals surface area contributed by atoms with E-state index in [1.807, 2.05) is 45.3 Å². The lowest BCUT2D eigenvalue weighted by atomic mass is 9.93. The van der Waals surface area contributed by atoms with Crippen LogP contribution in [-0.2, 0) is 4.74 Å². The fraction of sp³-hybridized carbons (Fsp3) is 0.556. The van der Waals surface area contributed by atoms with Crippen molar-refractivity contribution >= 4 is 29.2 Å². The normalized spacial score (nSPS) is 20.2. The molecule has 2 aliphatic heterocycles. The van der Waals surface area contributed by atoms with E-state index in [4.69, 9.17) is 9.72 Å². The maximum Gasteiger partial charge on any atom is 0.243 e. The van der Waals surface area contributed by atoms with Gasteiger partial charge in [-0.1, -0.05) is 6.92 Å². The van der Waals surface area contributed by atoms with Gasteiger partial charge in [-0.2, -0.15) is 4.98 Å². The van der Waals surface area contributed by atoms with Crippen molar-refractivity contribution < 1.29 is 17.9 Å². The molecule has 3 aromatic rings. The van der Waals surface area contributed by atoms with E-state index in [2.05, 4.69) is 30.6 Å². The van der Waals surface area contributed by atoms with E-state index >= 15 is 0 Å². The molecule has 2 N–H and O–H groups in total. The van der Waals surface area contributed by atoms with Gasteiger partial charge in [-0.05, 0) is 45.0 Å². The average Bonchev–Trinajstić information content (AvgIpc) is 3.32. The van der Waals surface area contributed by atoms with Crippen LogP contribution < -0.4 is 10.6 Å². The monoisotopic (exact) mass is 546 g/mol. The van der Waals surface area contributed by atoms with Crippen LogP contribution in [0.2, 0.25) is 0 Å². The maximum absolute atomic E-state index is 14.8. The number of hydrogen-bond acceptors (Lipinski definition) is 8. The Morgan fingerprint density at radius 1 is 1.23 bits per heavy atom. The average molecular weight is 547 g/mol. The molecule has 0 spiro atoms. The lowest BCUT2D eigenvalue weighted by Gasteiger charge is -2.42. The molecule has 3 aromatic heterocycles. The molecule has 2 atom stereocenters. The molecule has 9 nitrogen and oxygen atoms in total. The molecule has 212 valence electrons. The Balaban J connectivity index is 0.000000648. The highest BCUT2D eigenvalue weighted by Gasteiger charge is 2.35. The Labute approximate surface area is 226 Å². The summed E-state index contributed by atoms with van der Waals surface area (Å²) in [4.78, 5) is 16.0. The summed E-state index contributed by atoms with van der Waals surface area (Å²) in [6.45, 7) is 8.60. The molecule has 0 bridgehead atoms. The van der Waals surface area contributed by atoms with Crippen LogP contribution in [-0.4, -0.2) is 89.2 Å². The molecule has 1 unspecified atom stereocenters. The predicted molar refractivity (Wildman–Crippen MR) is 148 cm³/mol. The number of alkyl halides is 3. The van der Waals surface area contributed by atoms with Gasteiger partial charge >= 0.3 is 0 Å². The molecule has 0 amide bonds. The highest BCUT2D eigenvalue weighted by Crippen LogP contribution is 2.31. The predicted octanol–water partition coefficient (Wildman–Crippen LogP) is 5.00. The number of halogens is 3. The minimum Gasteiger partial charge on any atom is -0.378 e. The summed E-state index contributed by atoms with van der Waals surface area (Å²) in [6, 6.07) is 6.29. The van der Waals surface area contributed by atoms with E-state index < -0.39 is 12.6 Å². The van der Waals surface area contributed by atoms with Crippen molar-refractivity contribution in [1.82, 2.24) is 24.5 Å². The van der Waals surface area contributed by atoms with Gasteiger partial charge in [-0.3, -0.25) is 14.9 Å². The van der Waals surface area contributed by atoms with Crippen LogP contribution in [0.1, 0.15) is 32.4 Å². The third kappa shape index (κ3) is 6.85. The lowest BCUT2D eigenvalue weighted by Crippen LogP contribution is -2.55. The van der Waals surface area contributed by atoms with Crippen molar-refractivity contribution in [2.75, 3.05) is 50.5 Å². The molecule has 2 fully saturated rings. The number of aromatic nitrogens is 4. The third-order valence-corrected chi connectivity index (χ3v) is 7.03. The number of nitrogens with zero attached hydrogens (tertiary/aromatic N) is 6. The highest BCUT2D eigenvalue weighted by atomic mass is 19.3. The standard InChI is InChI=1S/C24H31FN8O.C3H6F2/c1-4-27-20-5-6-21(29-15(20)2)18-8-10-33-22(18)23(26-3)30-24(31-33)28-11-16-7-9-32(12-19(16)25)17-13-34-14-17;1-2-3(4)5/h4-6,8,10,16-17,19H,7,9,11-14H2,1-3H3,(H2,26,28,30,31);3H,2H2,1H3/t16?,19-;/m0./s1. The summed E-state index contributed by atoms with van der Waals surface area (Å²) in [5, 5.41) is 11.1. The molecular weight excluding hydrogens is 509 g/mol. The second-order valence-electron chi connectivity index (χ2n) is 9.68. The van der Waals surface area contributed by atoms with E-state index in [9.17, 15) is 13.2 Å². The summed E-state index contributed by atoms with van der Waals surface area (Å²) >= 11 is 0. The smallest absolute Gasteiger partial charge is 0.243 e. The van der Waals surface area contributed by atoms with E-state index in [0.717, 1.165) is 54.3 Å². The van der Waals surface area contributed by atoms with Crippen molar-refractivity contribution in [3.05, 3.63) is 30.1 Å². The number of aliphatic imine (C=N–C) groups is 1. The number of hydrogen-bond donors (Lipinski definition) is 2. The number of rotatable bonds is 8. The molecule has 0 aliphatic carbocycles. The second kappa shape index (κ2) is 13.2. The minimum absolute atomic E-state index is 0.0278. The molecule has 2 saturated heterocycles. The largest absolute Gasteiger partial charge is 0.378 e. The summed E-state index contributed by atoms with van der Waals surface area (Å²) in [5.41, 5.74) is 4.31. The SMILES string of the molecule is CC=Nc1ccc(-c2ccn3nc(NCC4CCN(C5COC5)C[C@@H]4F)nc(NC)c23)nc1C.CCC(F)F. The van der Waals surface area contributed by atoms with Gasteiger partial charge in [0.15, 0.2) is 5.82 Å². The number of ether oxygens (including phenoxy) is 1. The van der Waals surface area contributed by atoms with Crippen LogP contribution in [0.3, 0.4) is 0 Å². The molecule has 0 aromatic carbocycles. The van der Waals surface area contributed by atoms with Crippen LogP contribution in [0.5, 0.6) is 0 Å². The van der Waals surface area contributed by atoms with Gasteiger partial charge in [-0.15, -0.1) is 5.10 Å². The van der Waals surface area contributed by atoms with Crippen molar-refractivity contribution in [1.29, 1.82) is 0 Å². The number of nitrogens with one attached hydrogen (secondary N) is 2. The Morgan fingerprint density at radius 3 is 2.59 bits per heavy atom. The fourth-order valence-electron chi connectivity index (χ4n) is 4.65. The first-order chi connectivity index (χ1) is 18.8. The Bertz CT molecular complexity index is 1260. The topological polar surface area (TPSA) is 92.0 Å². The maximum atomic E-state index is 14.8. The van der Waals surface area contributed by atoms with Crippen molar-refractivity contribution in [3.8, 4) is 11.3 Å². The van der Waals surface area contributed by atoms with E-state index in [1.165, 1.54) is 6.92 Å². The number of piperidine rings is 1. The van der Waals surface area contributed by atoms with E-state index in [0.29, 0.717) is 30.9 Å². The number of aryl methyl sites for hydroxylation is 1. The lowest BCUT2D eigenvalue weighted by molar-refractivity contribution is -0.0844. The Kier molecular flexibility index (Phi) is 9.73. The van der Waals surface area contributed by atoms with Crippen LogP contribution in [0.4, 0.5) is 30.6 Å². The number of anilines is 2. The molecular formula is C27H37F3N8O. The molecule has 0 radical (unpaired) electrons. The summed E-state index contributed by atoms with van der Waals surface area (Å²) in [7, 11) is 1.83. The van der Waals surface area contributed by atoms with Crippen molar-refractivity contribution in [3.63, 3.8) is 0 Å². The molecule has 5 rings (SSSR count). The molecule has 5 heterocycles. The van der Waals surface area contributed by atoms with Crippen LogP contribution in [0.15, 0.2) is 29.4 Å². The molecule has 39 heavy (non-hydrogen) atoms. The molecule has 0 saturated carbocycles. The quantitative estimate of drug-likeness (QED) is 0.385. The fourth-order valence-corrected chi connectivity index (χ4v) is 4.65. The Morgan fingerprint density at radius 2 is 2.00 bits per heavy atom. The van der Waals surface area contributed by atoms with Crippen molar-refractivity contribution in [2.24, 2.45) is 10.9 Å². The first-order valence-electron chi connectivity index (χ1n) is 13.4. The van der Waals surface area contributed by atoms with Gasteiger partial charge < -0.3 is 15.4 Å². The van der Waals surface area contributed by atoms with Crippen LogP contribution >= 0.6 is 0 Å². The van der Waals surface area contributed by atoms with Gasteiger partial charge in [-0.25, -0.2) is 17.7 Å². The van der Waals surface area contributed by atoms with E-state index in [-0.39, 0.29) is 12.3 Å². The Hall–Kier alpha value is -3.25. The molecule has 12 heteroatoms. The summed E-state index contributed by atoms with van der Waals surface area (Å²) in [5.74, 6) is 1.09. The zero-order valence-corrected chi connectivity index (χ0v) is 22.9. The van der Waals surface area contributed by atoms with Gasteiger partial charge in [0, 0.05) is 50.5 Å². The zero-order valence-electron chi connectivity index (χ0n) is 22.9. The molecule has 2 aliphatic rings. The van der Waals surface area contributed by atoms with Gasteiger partial charge in [0.25, 0.3) is 0 Å². The minimum atomic E-state index is -2.12. The first-order valence-corrected chi connectivity index (χ1v) is 13.4. The summed E-state index contributed by atoms with van der Waals surface area (Å²) < 4.78 is 43.4. The second-order valence-corrected chi connectivity index (χ2v) is 9.68. The number of likely N-dealkylation sites (tertiary alicyclic amines) is 1. The number of pyridine rings is 1. The first kappa shape index (κ1) is 28.8. The van der Waals surface area contributed by atoms with Crippen LogP contribution in [0, 0.1) is 12.8 Å². The summed E-state index contributed by atoms with van der Waals surface area (Å²) in [6.07, 6.45) is 1.45.